The van der Waals surface area contributed by atoms with E-state index in [2.05, 4.69) is 25.9 Å². The number of imide groups is 1. The van der Waals surface area contributed by atoms with E-state index in [1.165, 1.54) is 33.5 Å². The number of hydrogen-bond donors (Lipinski definition) is 3. The largest absolute Gasteiger partial charge is 0.500 e. The van der Waals surface area contributed by atoms with E-state index in [-0.39, 0.29) is 13.0 Å². The first-order chi connectivity index (χ1) is 23.0. The Bertz CT molecular complexity index is 1130. The van der Waals surface area contributed by atoms with E-state index in [0.717, 1.165) is 43.4 Å². The van der Waals surface area contributed by atoms with E-state index in [4.69, 9.17) is 21.6 Å². The van der Waals surface area contributed by atoms with Crippen LogP contribution in [0, 0.1) is 0 Å². The summed E-state index contributed by atoms with van der Waals surface area (Å²) in [7, 11) is -2.40. The molecule has 0 aromatic rings. The maximum absolute atomic E-state index is 13.1. The molecular formula is C29H54N6O11SSi. The van der Waals surface area contributed by atoms with Crippen molar-refractivity contribution < 1.29 is 49.2 Å². The molecule has 276 valence electrons. The molecule has 4 amide bonds. The van der Waals surface area contributed by atoms with Gasteiger partial charge in [-0.3, -0.25) is 5.32 Å². The van der Waals surface area contributed by atoms with E-state index >= 15 is 0 Å². The first-order valence-corrected chi connectivity index (χ1v) is 19.8. The van der Waals surface area contributed by atoms with Crippen LogP contribution in [0.4, 0.5) is 9.59 Å². The van der Waals surface area contributed by atoms with Crippen LogP contribution in [-0.4, -0.2) is 106 Å². The molecule has 48 heavy (non-hydrogen) atoms. The summed E-state index contributed by atoms with van der Waals surface area (Å²) in [6.45, 7) is 3.36. The van der Waals surface area contributed by atoms with Crippen molar-refractivity contribution >= 4 is 43.4 Å². The quantitative estimate of drug-likeness (QED) is 0.0458. The van der Waals surface area contributed by atoms with Crippen molar-refractivity contribution in [2.75, 3.05) is 47.5 Å². The summed E-state index contributed by atoms with van der Waals surface area (Å²) in [6.07, 6.45) is 11.6. The Morgan fingerprint density at radius 3 is 2.10 bits per heavy atom. The fraction of sp³-hybridized carbons (Fsp3) is 0.862. The second kappa shape index (κ2) is 24.5. The molecule has 0 aromatic carbocycles. The number of rotatable bonds is 28. The van der Waals surface area contributed by atoms with Crippen molar-refractivity contribution in [3.63, 3.8) is 0 Å². The van der Waals surface area contributed by atoms with Crippen molar-refractivity contribution in [1.29, 1.82) is 0 Å². The van der Waals surface area contributed by atoms with Crippen LogP contribution in [0.2, 0.25) is 6.04 Å². The van der Waals surface area contributed by atoms with E-state index in [1.54, 1.807) is 0 Å². The summed E-state index contributed by atoms with van der Waals surface area (Å²) in [5.74, 6) is -1.47. The zero-order valence-corrected chi connectivity index (χ0v) is 30.6. The van der Waals surface area contributed by atoms with Gasteiger partial charge in [0.15, 0.2) is 0 Å². The lowest BCUT2D eigenvalue weighted by Gasteiger charge is -2.40. The Hall–Kier alpha value is -2.57. The highest BCUT2D eigenvalue weighted by atomic mass is 32.3. The molecule has 0 aromatic heterocycles. The minimum absolute atomic E-state index is 0.139. The Kier molecular flexibility index (Phi) is 22.2. The third kappa shape index (κ3) is 17.2. The molecule has 0 radical (unpaired) electrons. The number of nitrogens with zero attached hydrogens (tertiary/aromatic N) is 3. The van der Waals surface area contributed by atoms with Crippen LogP contribution in [0.25, 0.3) is 0 Å². The number of carbonyl (C=O) groups is 2. The van der Waals surface area contributed by atoms with Crippen LogP contribution in [0.3, 0.4) is 0 Å². The Balaban J connectivity index is 2.62. The summed E-state index contributed by atoms with van der Waals surface area (Å²) in [5.41, 5.74) is 0. The smallest absolute Gasteiger partial charge is 0.377 e. The molecule has 1 aliphatic rings. The van der Waals surface area contributed by atoms with E-state index in [9.17, 15) is 27.6 Å². The van der Waals surface area contributed by atoms with Gasteiger partial charge >= 0.3 is 31.3 Å². The second-order valence-electron chi connectivity index (χ2n) is 11.3. The average molecular weight is 723 g/mol. The van der Waals surface area contributed by atoms with Crippen molar-refractivity contribution in [3.05, 3.63) is 0 Å². The van der Waals surface area contributed by atoms with Gasteiger partial charge < -0.3 is 23.9 Å². The third-order valence-corrected chi connectivity index (χ3v) is 11.5. The topological polar surface area (TPSA) is 213 Å². The molecule has 1 rings (SSSR count). The third-order valence-electron chi connectivity index (χ3n) is 7.71. The minimum atomic E-state index is -4.05. The molecule has 1 heterocycles. The van der Waals surface area contributed by atoms with Crippen LogP contribution in [0.5, 0.6) is 0 Å². The molecule has 17 nitrogen and oxygen atoms in total. The van der Waals surface area contributed by atoms with Crippen LogP contribution in [0.1, 0.15) is 96.8 Å². The van der Waals surface area contributed by atoms with Crippen molar-refractivity contribution in [2.24, 2.45) is 9.98 Å². The van der Waals surface area contributed by atoms with Crippen molar-refractivity contribution in [1.82, 2.24) is 20.9 Å². The molecule has 1 fully saturated rings. The highest BCUT2D eigenvalue weighted by molar-refractivity contribution is 7.82. The predicted octanol–water partition coefficient (Wildman–Crippen LogP) is 3.60. The molecule has 19 heteroatoms. The maximum atomic E-state index is 13.1. The van der Waals surface area contributed by atoms with Gasteiger partial charge in [0.2, 0.25) is 12.2 Å². The fourth-order valence-corrected chi connectivity index (χ4v) is 7.71. The SMILES string of the molecule is CCCCCC(N=C=O)NC(=O)N(CCCCCCNC1(CCC[Si](OC)(OC)OC)OS(=O)(=O)O1)C(=O)NCCCCCCN=C=O. The molecule has 1 atom stereocenters. The van der Waals surface area contributed by atoms with Crippen molar-refractivity contribution in [2.45, 2.75) is 115 Å². The monoisotopic (exact) mass is 722 g/mol. The van der Waals surface area contributed by atoms with Crippen LogP contribution in [0.15, 0.2) is 9.98 Å². The highest BCUT2D eigenvalue weighted by Crippen LogP contribution is 2.34. The summed E-state index contributed by atoms with van der Waals surface area (Å²) >= 11 is 0. The number of aliphatic imine (C=N–C) groups is 2. The lowest BCUT2D eigenvalue weighted by Crippen LogP contribution is -2.60. The molecule has 3 N–H and O–H groups in total. The van der Waals surface area contributed by atoms with E-state index in [0.29, 0.717) is 70.6 Å². The summed E-state index contributed by atoms with van der Waals surface area (Å²) in [6, 6.07) is -0.762. The summed E-state index contributed by atoms with van der Waals surface area (Å²) in [4.78, 5) is 55.5. The number of unbranched alkanes of at least 4 members (excludes halogenated alkanes) is 8. The summed E-state index contributed by atoms with van der Waals surface area (Å²) in [5, 5.41) is 8.49. The second-order valence-corrected chi connectivity index (χ2v) is 15.5. The predicted molar refractivity (Wildman–Crippen MR) is 177 cm³/mol. The standard InChI is InChI=1S/C29H54N6O11SSi/c1-5-6-11-17-26(32-25-37)34-28(39)35(27(38)31-20-13-8-7-12-19-30-24-36)22-15-10-9-14-21-33-29(45-47(40,41)46-29)18-16-23-48(42-2,43-3)44-4/h26,33H,5-23H2,1-4H3,(H,31,38)(H,34,39). The lowest BCUT2D eigenvalue weighted by molar-refractivity contribution is -0.213. The normalized spacial score (nSPS) is 15.3. The van der Waals surface area contributed by atoms with E-state index in [1.807, 2.05) is 6.92 Å². The maximum Gasteiger partial charge on any atom is 0.500 e. The van der Waals surface area contributed by atoms with Gasteiger partial charge in [-0.1, -0.05) is 45.4 Å². The summed E-state index contributed by atoms with van der Waals surface area (Å²) < 4.78 is 49.6. The molecule has 0 saturated carbocycles. The molecule has 0 bridgehead atoms. The number of amides is 4. The number of isocyanates is 2. The first kappa shape index (κ1) is 43.4. The van der Waals surface area contributed by atoms with Gasteiger partial charge in [-0.25, -0.2) is 29.1 Å². The minimum Gasteiger partial charge on any atom is -0.377 e. The van der Waals surface area contributed by atoms with Crippen molar-refractivity contribution in [3.8, 4) is 0 Å². The number of carbonyl (C=O) groups excluding carboxylic acids is 4. The van der Waals surface area contributed by atoms with Gasteiger partial charge in [0.25, 0.3) is 5.91 Å². The average Bonchev–Trinajstić information content (AvgIpc) is 3.05. The zero-order valence-electron chi connectivity index (χ0n) is 28.8. The van der Waals surface area contributed by atoms with Crippen LogP contribution in [-0.2, 0) is 41.6 Å². The van der Waals surface area contributed by atoms with Crippen LogP contribution >= 0.6 is 0 Å². The van der Waals surface area contributed by atoms with E-state index < -0.39 is 43.3 Å². The fourth-order valence-electron chi connectivity index (χ4n) is 5.03. The van der Waals surface area contributed by atoms with Gasteiger partial charge in [0.1, 0.15) is 6.17 Å². The first-order valence-electron chi connectivity index (χ1n) is 16.6. The molecule has 0 spiro atoms. The Morgan fingerprint density at radius 2 is 1.50 bits per heavy atom. The molecule has 1 saturated heterocycles. The molecular weight excluding hydrogens is 669 g/mol. The molecule has 1 aliphatic heterocycles. The molecule has 0 aliphatic carbocycles. The number of urea groups is 2. The molecule has 1 unspecified atom stereocenters. The van der Waals surface area contributed by atoms with Crippen LogP contribution < -0.4 is 16.0 Å². The van der Waals surface area contributed by atoms with Gasteiger partial charge in [0.05, 0.1) is 6.54 Å². The van der Waals surface area contributed by atoms with Gasteiger partial charge in [-0.15, -0.1) is 0 Å². The van der Waals surface area contributed by atoms with Gasteiger partial charge in [0, 0.05) is 53.4 Å². The van der Waals surface area contributed by atoms with Gasteiger partial charge in [-0.05, 0) is 44.9 Å². The zero-order chi connectivity index (χ0) is 35.7. The Morgan fingerprint density at radius 1 is 0.854 bits per heavy atom. The Labute approximate surface area is 285 Å². The number of nitrogens with one attached hydrogen (secondary N) is 3. The number of hydrogen-bond acceptors (Lipinski definition) is 14. The lowest BCUT2D eigenvalue weighted by atomic mass is 10.1. The highest BCUT2D eigenvalue weighted by Gasteiger charge is 2.52. The van der Waals surface area contributed by atoms with Gasteiger partial charge in [-0.2, -0.15) is 21.8 Å².